The van der Waals surface area contributed by atoms with Gasteiger partial charge in [-0.05, 0) is 43.7 Å². The van der Waals surface area contributed by atoms with E-state index in [1.165, 1.54) is 0 Å². The predicted octanol–water partition coefficient (Wildman–Crippen LogP) is 3.65. The number of hydrazone groups is 1. The Labute approximate surface area is 155 Å². The van der Waals surface area contributed by atoms with Gasteiger partial charge in [0.15, 0.2) is 6.61 Å². The van der Waals surface area contributed by atoms with Crippen LogP contribution in [0.25, 0.3) is 0 Å². The lowest BCUT2D eigenvalue weighted by Gasteiger charge is -2.39. The van der Waals surface area contributed by atoms with Gasteiger partial charge in [0, 0.05) is 5.71 Å². The number of para-hydroxylation sites is 1. The molecule has 1 aromatic rings. The highest BCUT2D eigenvalue weighted by atomic mass is 19.4. The molecule has 1 aliphatic carbocycles. The Kier molecular flexibility index (Phi) is 5.20. The number of aliphatic hydroxyl groups is 1. The number of ether oxygens (including phenoxy) is 1. The van der Waals surface area contributed by atoms with E-state index >= 15 is 0 Å². The van der Waals surface area contributed by atoms with Gasteiger partial charge < -0.3 is 9.84 Å². The Bertz CT molecular complexity index is 750. The number of aryl methyl sites for hydroxylation is 1. The van der Waals surface area contributed by atoms with Crippen molar-refractivity contribution in [3.63, 3.8) is 0 Å². The molecule has 1 aromatic carbocycles. The Balaban J connectivity index is 1.83. The van der Waals surface area contributed by atoms with Crippen molar-refractivity contribution >= 4 is 11.6 Å². The van der Waals surface area contributed by atoms with E-state index in [-0.39, 0.29) is 23.1 Å². The second kappa shape index (κ2) is 7.14. The molecule has 5 nitrogen and oxygen atoms in total. The Hall–Kier alpha value is -2.09. The van der Waals surface area contributed by atoms with Crippen molar-refractivity contribution in [2.24, 2.45) is 16.9 Å². The first-order chi connectivity index (χ1) is 12.7. The molecule has 0 bridgehead atoms. The van der Waals surface area contributed by atoms with E-state index in [0.29, 0.717) is 18.6 Å². The fourth-order valence-electron chi connectivity index (χ4n) is 3.84. The maximum Gasteiger partial charge on any atom is 0.439 e. The van der Waals surface area contributed by atoms with Crippen LogP contribution in [0.1, 0.15) is 38.2 Å². The van der Waals surface area contributed by atoms with E-state index in [1.54, 1.807) is 31.2 Å². The highest BCUT2D eigenvalue weighted by molar-refractivity contribution is 5.93. The molecule has 3 atom stereocenters. The van der Waals surface area contributed by atoms with Gasteiger partial charge in [0.1, 0.15) is 5.75 Å². The Morgan fingerprint density at radius 2 is 2.11 bits per heavy atom. The smallest absolute Gasteiger partial charge is 0.439 e. The number of hydrogen-bond donors (Lipinski definition) is 1. The van der Waals surface area contributed by atoms with Crippen LogP contribution in [0.4, 0.5) is 13.2 Å². The van der Waals surface area contributed by atoms with E-state index in [9.17, 15) is 23.1 Å². The largest absolute Gasteiger partial charge is 0.483 e. The van der Waals surface area contributed by atoms with Crippen molar-refractivity contribution in [2.75, 3.05) is 6.61 Å². The van der Waals surface area contributed by atoms with Crippen LogP contribution in [0.3, 0.4) is 0 Å². The maximum absolute atomic E-state index is 13.8. The standard InChI is InChI=1S/C19H23F3N2O3/c1-3-13-8-9-15-14(10-13)18(26,19(20,21)22)24(23-15)17(25)11-27-16-7-5-4-6-12(16)2/h4-7,13-14,26H,3,8-11H2,1-2H3/t13-,14-,18-/m1/s1. The average molecular weight is 384 g/mol. The molecule has 2 aliphatic rings. The molecule has 148 valence electrons. The topological polar surface area (TPSA) is 62.1 Å². The van der Waals surface area contributed by atoms with Crippen molar-refractivity contribution in [3.8, 4) is 5.75 Å². The van der Waals surface area contributed by atoms with E-state index in [2.05, 4.69) is 5.10 Å². The third-order valence-electron chi connectivity index (χ3n) is 5.49. The lowest BCUT2D eigenvalue weighted by molar-refractivity contribution is -0.318. The second-order valence-electron chi connectivity index (χ2n) is 7.18. The lowest BCUT2D eigenvalue weighted by atomic mass is 9.74. The van der Waals surface area contributed by atoms with Gasteiger partial charge >= 0.3 is 6.18 Å². The normalized spacial score (nSPS) is 27.9. The highest BCUT2D eigenvalue weighted by Gasteiger charge is 2.68. The third kappa shape index (κ3) is 3.42. The van der Waals surface area contributed by atoms with Crippen LogP contribution < -0.4 is 4.74 Å². The van der Waals surface area contributed by atoms with Crippen molar-refractivity contribution < 1.29 is 27.8 Å². The molecule has 0 aromatic heterocycles. The highest BCUT2D eigenvalue weighted by Crippen LogP contribution is 2.49. The average Bonchev–Trinajstić information content (AvgIpc) is 2.94. The van der Waals surface area contributed by atoms with E-state index in [4.69, 9.17) is 4.74 Å². The van der Waals surface area contributed by atoms with Crippen LogP contribution in [0, 0.1) is 18.8 Å². The van der Waals surface area contributed by atoms with E-state index < -0.39 is 30.3 Å². The number of carbonyl (C=O) groups is 1. The van der Waals surface area contributed by atoms with E-state index in [0.717, 1.165) is 12.0 Å². The summed E-state index contributed by atoms with van der Waals surface area (Å²) in [6, 6.07) is 6.88. The summed E-state index contributed by atoms with van der Waals surface area (Å²) in [6.45, 7) is 3.04. The lowest BCUT2D eigenvalue weighted by Crippen LogP contribution is -2.62. The van der Waals surface area contributed by atoms with Crippen LogP contribution in [0.2, 0.25) is 0 Å². The summed E-state index contributed by atoms with van der Waals surface area (Å²) in [7, 11) is 0. The quantitative estimate of drug-likeness (QED) is 0.862. The molecule has 1 heterocycles. The van der Waals surface area contributed by atoms with Gasteiger partial charge in [-0.25, -0.2) is 0 Å². The molecular formula is C19H23F3N2O3. The van der Waals surface area contributed by atoms with Gasteiger partial charge in [0.2, 0.25) is 0 Å². The van der Waals surface area contributed by atoms with E-state index in [1.807, 2.05) is 6.92 Å². The molecule has 0 unspecified atom stereocenters. The third-order valence-corrected chi connectivity index (χ3v) is 5.49. The fourth-order valence-corrected chi connectivity index (χ4v) is 3.84. The molecule has 0 saturated heterocycles. The number of fused-ring (bicyclic) bond motifs is 1. The molecule has 1 fully saturated rings. The molecule has 1 N–H and O–H groups in total. The number of halogens is 3. The SMILES string of the molecule is CC[C@@H]1CCC2=NN(C(=O)COc3ccccc3C)[C@](O)(C(F)(F)F)[C@@H]2C1. The molecule has 0 spiro atoms. The van der Waals surface area contributed by atoms with Gasteiger partial charge in [0.05, 0.1) is 5.92 Å². The molecular weight excluding hydrogens is 361 g/mol. The zero-order valence-electron chi connectivity index (χ0n) is 15.3. The van der Waals surface area contributed by atoms with Gasteiger partial charge in [-0.3, -0.25) is 4.79 Å². The molecule has 0 radical (unpaired) electrons. The molecule has 3 rings (SSSR count). The number of amides is 1. The number of carbonyl (C=O) groups excluding carboxylic acids is 1. The Morgan fingerprint density at radius 1 is 1.41 bits per heavy atom. The number of hydrogen-bond acceptors (Lipinski definition) is 4. The zero-order valence-corrected chi connectivity index (χ0v) is 15.3. The minimum atomic E-state index is -5.02. The monoisotopic (exact) mass is 384 g/mol. The van der Waals surface area contributed by atoms with Crippen LogP contribution in [-0.4, -0.2) is 40.2 Å². The minimum Gasteiger partial charge on any atom is -0.483 e. The molecule has 8 heteroatoms. The van der Waals surface area contributed by atoms with Gasteiger partial charge in [0.25, 0.3) is 11.6 Å². The minimum absolute atomic E-state index is 0.0705. The summed E-state index contributed by atoms with van der Waals surface area (Å²) >= 11 is 0. The first-order valence-electron chi connectivity index (χ1n) is 9.06. The van der Waals surface area contributed by atoms with Crippen molar-refractivity contribution in [1.82, 2.24) is 5.01 Å². The van der Waals surface area contributed by atoms with Gasteiger partial charge in [-0.15, -0.1) is 0 Å². The zero-order chi connectivity index (χ0) is 19.8. The summed E-state index contributed by atoms with van der Waals surface area (Å²) in [5.41, 5.74) is -2.32. The number of alkyl halides is 3. The Morgan fingerprint density at radius 3 is 2.74 bits per heavy atom. The summed E-state index contributed by atoms with van der Waals surface area (Å²) in [5.74, 6) is -1.77. The molecule has 1 aliphatic heterocycles. The van der Waals surface area contributed by atoms with Gasteiger partial charge in [-0.1, -0.05) is 31.5 Å². The van der Waals surface area contributed by atoms with Crippen molar-refractivity contribution in [3.05, 3.63) is 29.8 Å². The fraction of sp³-hybridized carbons (Fsp3) is 0.579. The summed E-state index contributed by atoms with van der Waals surface area (Å²) < 4.78 is 46.9. The van der Waals surface area contributed by atoms with Crippen LogP contribution in [0.15, 0.2) is 29.4 Å². The number of nitrogens with zero attached hydrogens (tertiary/aromatic N) is 2. The summed E-state index contributed by atoms with van der Waals surface area (Å²) in [6.07, 6.45) is -3.07. The first kappa shape index (κ1) is 19.7. The van der Waals surface area contributed by atoms with Crippen LogP contribution >= 0.6 is 0 Å². The summed E-state index contributed by atoms with van der Waals surface area (Å²) in [5, 5.41) is 14.7. The van der Waals surface area contributed by atoms with Crippen LogP contribution in [0.5, 0.6) is 5.75 Å². The maximum atomic E-state index is 13.8. The van der Waals surface area contributed by atoms with Crippen LogP contribution in [-0.2, 0) is 4.79 Å². The molecule has 27 heavy (non-hydrogen) atoms. The first-order valence-corrected chi connectivity index (χ1v) is 9.06. The van der Waals surface area contributed by atoms with Crippen molar-refractivity contribution in [2.45, 2.75) is 51.4 Å². The van der Waals surface area contributed by atoms with Crippen molar-refractivity contribution in [1.29, 1.82) is 0 Å². The summed E-state index contributed by atoms with van der Waals surface area (Å²) in [4.78, 5) is 12.5. The van der Waals surface area contributed by atoms with Gasteiger partial charge in [-0.2, -0.15) is 23.3 Å². The molecule has 1 saturated carbocycles. The molecule has 1 amide bonds. The predicted molar refractivity (Wildman–Crippen MR) is 93.1 cm³/mol. The second-order valence-corrected chi connectivity index (χ2v) is 7.18. The number of benzene rings is 1. The number of rotatable bonds is 4.